The van der Waals surface area contributed by atoms with Crippen molar-refractivity contribution in [2.45, 2.75) is 6.92 Å². The lowest BCUT2D eigenvalue weighted by atomic mass is 10.1. The van der Waals surface area contributed by atoms with E-state index in [0.29, 0.717) is 25.8 Å². The monoisotopic (exact) mass is 557 g/mol. The Kier molecular flexibility index (Phi) is 7.55. The minimum Gasteiger partial charge on any atom is -0.320 e. The van der Waals surface area contributed by atoms with Crippen LogP contribution in [0.15, 0.2) is 81.4 Å². The number of halogens is 2. The molecular formula is C23H17Br2N3O4. The van der Waals surface area contributed by atoms with Crippen molar-refractivity contribution < 1.29 is 14.5 Å². The van der Waals surface area contributed by atoms with Crippen LogP contribution in [0.5, 0.6) is 0 Å². The van der Waals surface area contributed by atoms with Crippen LogP contribution in [0.3, 0.4) is 0 Å². The van der Waals surface area contributed by atoms with E-state index in [1.165, 1.54) is 30.3 Å². The Balaban J connectivity index is 1.94. The lowest BCUT2D eigenvalue weighted by molar-refractivity contribution is -0.384. The molecule has 3 rings (SSSR count). The molecule has 0 heterocycles. The van der Waals surface area contributed by atoms with Crippen molar-refractivity contribution in [3.8, 4) is 0 Å². The van der Waals surface area contributed by atoms with E-state index in [1.807, 2.05) is 19.1 Å². The van der Waals surface area contributed by atoms with Gasteiger partial charge in [-0.15, -0.1) is 0 Å². The van der Waals surface area contributed by atoms with Crippen molar-refractivity contribution in [1.82, 2.24) is 5.32 Å². The van der Waals surface area contributed by atoms with Crippen LogP contribution in [0.4, 0.5) is 11.4 Å². The number of hydrogen-bond acceptors (Lipinski definition) is 4. The molecule has 0 saturated heterocycles. The predicted molar refractivity (Wildman–Crippen MR) is 130 cm³/mol. The third-order valence-electron chi connectivity index (χ3n) is 4.40. The first-order valence-corrected chi connectivity index (χ1v) is 10.9. The SMILES string of the molecule is Cc1ccc(NC(=O)/C(=C\c2ccc([N+](=O)[O-])cc2)NC(=O)c2ccccc2Br)c(Br)c1. The summed E-state index contributed by atoms with van der Waals surface area (Å²) in [6, 6.07) is 17.9. The van der Waals surface area contributed by atoms with Crippen LogP contribution in [-0.4, -0.2) is 16.7 Å². The molecule has 32 heavy (non-hydrogen) atoms. The summed E-state index contributed by atoms with van der Waals surface area (Å²) in [5, 5.41) is 16.3. The van der Waals surface area contributed by atoms with Crippen molar-refractivity contribution >= 4 is 61.1 Å². The summed E-state index contributed by atoms with van der Waals surface area (Å²) < 4.78 is 1.27. The summed E-state index contributed by atoms with van der Waals surface area (Å²) in [6.45, 7) is 1.92. The van der Waals surface area contributed by atoms with Crippen molar-refractivity contribution in [3.63, 3.8) is 0 Å². The van der Waals surface area contributed by atoms with Crippen LogP contribution in [0.25, 0.3) is 6.08 Å². The average Bonchev–Trinajstić information content (AvgIpc) is 2.75. The molecule has 2 amide bonds. The minimum absolute atomic E-state index is 0.0212. The number of nitrogens with zero attached hydrogens (tertiary/aromatic N) is 1. The highest BCUT2D eigenvalue weighted by Gasteiger charge is 2.17. The van der Waals surface area contributed by atoms with Crippen molar-refractivity contribution in [1.29, 1.82) is 0 Å². The summed E-state index contributed by atoms with van der Waals surface area (Å²) in [5.41, 5.74) is 2.31. The zero-order valence-corrected chi connectivity index (χ0v) is 19.9. The van der Waals surface area contributed by atoms with Crippen molar-refractivity contribution in [2.24, 2.45) is 0 Å². The Morgan fingerprint density at radius 3 is 2.28 bits per heavy atom. The molecule has 0 fully saturated rings. The van der Waals surface area contributed by atoms with E-state index in [9.17, 15) is 19.7 Å². The van der Waals surface area contributed by atoms with Gasteiger partial charge in [0.05, 0.1) is 16.2 Å². The molecule has 2 N–H and O–H groups in total. The van der Waals surface area contributed by atoms with Crippen molar-refractivity contribution in [2.75, 3.05) is 5.32 Å². The van der Waals surface area contributed by atoms with Crippen molar-refractivity contribution in [3.05, 3.63) is 108 Å². The number of anilines is 1. The molecule has 3 aromatic carbocycles. The number of aryl methyl sites for hydroxylation is 1. The van der Waals surface area contributed by atoms with Gasteiger partial charge in [-0.1, -0.05) is 18.2 Å². The smallest absolute Gasteiger partial charge is 0.272 e. The molecule has 0 atom stereocenters. The second kappa shape index (κ2) is 10.3. The maximum absolute atomic E-state index is 13.0. The summed E-state index contributed by atoms with van der Waals surface area (Å²) in [5.74, 6) is -1.03. The normalized spacial score (nSPS) is 11.0. The van der Waals surface area contributed by atoms with E-state index in [1.54, 1.807) is 30.3 Å². The number of nitro groups is 1. The number of carbonyl (C=O) groups excluding carboxylic acids is 2. The van der Waals surface area contributed by atoms with Crippen LogP contribution >= 0.6 is 31.9 Å². The Labute approximate surface area is 200 Å². The molecule has 0 aliphatic carbocycles. The molecular weight excluding hydrogens is 542 g/mol. The summed E-state index contributed by atoms with van der Waals surface area (Å²) in [7, 11) is 0. The number of non-ortho nitro benzene ring substituents is 1. The quantitative estimate of drug-likeness (QED) is 0.225. The molecule has 0 unspecified atom stereocenters. The first-order valence-electron chi connectivity index (χ1n) is 9.34. The zero-order valence-electron chi connectivity index (χ0n) is 16.8. The Morgan fingerprint density at radius 2 is 1.66 bits per heavy atom. The largest absolute Gasteiger partial charge is 0.320 e. The summed E-state index contributed by atoms with van der Waals surface area (Å²) in [6.07, 6.45) is 1.45. The molecule has 9 heteroatoms. The fraction of sp³-hybridized carbons (Fsp3) is 0.0435. The van der Waals surface area contributed by atoms with Gasteiger partial charge in [0.15, 0.2) is 0 Å². The number of carbonyl (C=O) groups is 2. The number of nitro benzene ring substituents is 1. The Morgan fingerprint density at radius 1 is 0.969 bits per heavy atom. The maximum Gasteiger partial charge on any atom is 0.272 e. The van der Waals surface area contributed by atoms with Gasteiger partial charge in [-0.3, -0.25) is 19.7 Å². The minimum atomic E-state index is -0.548. The second-order valence-corrected chi connectivity index (χ2v) is 8.49. The van der Waals surface area contributed by atoms with Crippen LogP contribution in [0.2, 0.25) is 0 Å². The van der Waals surface area contributed by atoms with Gasteiger partial charge >= 0.3 is 0 Å². The van der Waals surface area contributed by atoms with E-state index >= 15 is 0 Å². The fourth-order valence-corrected chi connectivity index (χ4v) is 3.82. The first kappa shape index (κ1) is 23.4. The Bertz CT molecular complexity index is 1220. The molecule has 0 aliphatic heterocycles. The van der Waals surface area contributed by atoms with E-state index in [0.717, 1.165) is 5.56 Å². The van der Waals surface area contributed by atoms with Gasteiger partial charge in [0.2, 0.25) is 0 Å². The van der Waals surface area contributed by atoms with E-state index < -0.39 is 16.7 Å². The number of nitrogens with one attached hydrogen (secondary N) is 2. The molecule has 0 radical (unpaired) electrons. The third-order valence-corrected chi connectivity index (χ3v) is 5.75. The Hall–Kier alpha value is -3.30. The molecule has 7 nitrogen and oxygen atoms in total. The molecule has 0 bridgehead atoms. The molecule has 0 saturated carbocycles. The first-order chi connectivity index (χ1) is 15.2. The van der Waals surface area contributed by atoms with E-state index in [2.05, 4.69) is 42.5 Å². The zero-order chi connectivity index (χ0) is 23.3. The number of rotatable bonds is 6. The maximum atomic E-state index is 13.0. The lowest BCUT2D eigenvalue weighted by Gasteiger charge is -2.13. The average molecular weight is 559 g/mol. The van der Waals surface area contributed by atoms with E-state index in [-0.39, 0.29) is 11.4 Å². The summed E-state index contributed by atoms with van der Waals surface area (Å²) in [4.78, 5) is 36.3. The van der Waals surface area contributed by atoms with Gasteiger partial charge in [0, 0.05) is 21.1 Å². The molecule has 0 aliphatic rings. The standard InChI is InChI=1S/C23H17Br2N3O4/c1-14-6-11-20(19(25)12-14)26-23(30)21(13-15-7-9-16(10-8-15)28(31)32)27-22(29)17-4-2-3-5-18(17)24/h2-13H,1H3,(H,26,30)(H,27,29)/b21-13+. The van der Waals surface area contributed by atoms with Gasteiger partial charge in [0.25, 0.3) is 17.5 Å². The third kappa shape index (κ3) is 5.89. The van der Waals surface area contributed by atoms with Gasteiger partial charge in [-0.25, -0.2) is 0 Å². The highest BCUT2D eigenvalue weighted by molar-refractivity contribution is 9.11. The van der Waals surface area contributed by atoms with Crippen LogP contribution in [-0.2, 0) is 4.79 Å². The fourth-order valence-electron chi connectivity index (χ4n) is 2.76. The lowest BCUT2D eigenvalue weighted by Crippen LogP contribution is -2.31. The number of benzene rings is 3. The highest BCUT2D eigenvalue weighted by Crippen LogP contribution is 2.24. The highest BCUT2D eigenvalue weighted by atomic mass is 79.9. The predicted octanol–water partition coefficient (Wildman–Crippen LogP) is 5.84. The van der Waals surface area contributed by atoms with Gasteiger partial charge < -0.3 is 10.6 Å². The number of amides is 2. The number of hydrogen-bond donors (Lipinski definition) is 2. The second-order valence-electron chi connectivity index (χ2n) is 6.78. The molecule has 3 aromatic rings. The molecule has 162 valence electrons. The molecule has 0 spiro atoms. The van der Waals surface area contributed by atoms with Crippen LogP contribution in [0.1, 0.15) is 21.5 Å². The van der Waals surface area contributed by atoms with Gasteiger partial charge in [-0.2, -0.15) is 0 Å². The van der Waals surface area contributed by atoms with Gasteiger partial charge in [-0.05, 0) is 92.4 Å². The van der Waals surface area contributed by atoms with Crippen LogP contribution < -0.4 is 10.6 Å². The topological polar surface area (TPSA) is 101 Å². The van der Waals surface area contributed by atoms with E-state index in [4.69, 9.17) is 0 Å². The summed E-state index contributed by atoms with van der Waals surface area (Å²) >= 11 is 6.75. The van der Waals surface area contributed by atoms with Gasteiger partial charge in [0.1, 0.15) is 5.70 Å². The molecule has 0 aromatic heterocycles. The van der Waals surface area contributed by atoms with Crippen LogP contribution in [0, 0.1) is 17.0 Å².